The number of fused-ring (bicyclic) bond motifs is 1. The number of rotatable bonds is 1. The summed E-state index contributed by atoms with van der Waals surface area (Å²) in [5.41, 5.74) is 9.00. The first-order valence-corrected chi connectivity index (χ1v) is 5.70. The molecule has 1 aliphatic heterocycles. The number of nitrogens with two attached hydrogens (primary N) is 1. The van der Waals surface area contributed by atoms with Gasteiger partial charge < -0.3 is 11.1 Å². The topological polar surface area (TPSA) is 50.9 Å². The molecule has 16 heavy (non-hydrogen) atoms. The van der Waals surface area contributed by atoms with Crippen LogP contribution in [0.15, 0.2) is 30.3 Å². The van der Waals surface area contributed by atoms with Crippen LogP contribution in [0.3, 0.4) is 0 Å². The van der Waals surface area contributed by atoms with Gasteiger partial charge in [-0.1, -0.05) is 18.2 Å². The fourth-order valence-electron chi connectivity index (χ4n) is 2.36. The lowest BCUT2D eigenvalue weighted by atomic mass is 10.0. The van der Waals surface area contributed by atoms with Gasteiger partial charge in [-0.3, -0.25) is 4.98 Å². The van der Waals surface area contributed by atoms with Gasteiger partial charge in [0.25, 0.3) is 0 Å². The monoisotopic (exact) mass is 213 g/mol. The summed E-state index contributed by atoms with van der Waals surface area (Å²) in [4.78, 5) is 4.69. The number of benzene rings is 1. The molecule has 3 nitrogen and oxygen atoms in total. The Kier molecular flexibility index (Phi) is 2.26. The van der Waals surface area contributed by atoms with E-state index in [0.717, 1.165) is 41.8 Å². The van der Waals surface area contributed by atoms with Crippen molar-refractivity contribution in [3.05, 3.63) is 36.0 Å². The van der Waals surface area contributed by atoms with Crippen molar-refractivity contribution in [3.8, 4) is 0 Å². The van der Waals surface area contributed by atoms with Gasteiger partial charge in [-0.2, -0.15) is 0 Å². The molecule has 1 saturated heterocycles. The Morgan fingerprint density at radius 2 is 2.19 bits per heavy atom. The van der Waals surface area contributed by atoms with Crippen LogP contribution in [0.4, 0.5) is 5.69 Å². The zero-order valence-corrected chi connectivity index (χ0v) is 9.11. The number of hydrogen-bond acceptors (Lipinski definition) is 3. The van der Waals surface area contributed by atoms with Crippen LogP contribution in [0.25, 0.3) is 10.9 Å². The lowest BCUT2D eigenvalue weighted by Crippen LogP contribution is -2.10. The lowest BCUT2D eigenvalue weighted by molar-refractivity contribution is 0.742. The smallest absolute Gasteiger partial charge is 0.0707 e. The standard InChI is InChI=1S/C13H15N3/c14-11-7-9-3-1-2-4-12(9)16-13(11)10-5-6-15-8-10/h1-4,7,10,15H,5-6,8,14H2. The Morgan fingerprint density at radius 1 is 1.31 bits per heavy atom. The molecule has 3 rings (SSSR count). The second-order valence-corrected chi connectivity index (χ2v) is 4.35. The summed E-state index contributed by atoms with van der Waals surface area (Å²) in [7, 11) is 0. The fourth-order valence-corrected chi connectivity index (χ4v) is 2.36. The average molecular weight is 213 g/mol. The van der Waals surface area contributed by atoms with Crippen molar-refractivity contribution in [2.75, 3.05) is 18.8 Å². The Labute approximate surface area is 94.7 Å². The molecule has 1 atom stereocenters. The highest BCUT2D eigenvalue weighted by molar-refractivity contribution is 5.82. The molecular formula is C13H15N3. The van der Waals surface area contributed by atoms with E-state index in [2.05, 4.69) is 11.4 Å². The molecule has 2 heterocycles. The zero-order chi connectivity index (χ0) is 11.0. The van der Waals surface area contributed by atoms with Gasteiger partial charge in [0.15, 0.2) is 0 Å². The number of nitrogens with zero attached hydrogens (tertiary/aromatic N) is 1. The Morgan fingerprint density at radius 3 is 3.00 bits per heavy atom. The number of aromatic nitrogens is 1. The van der Waals surface area contributed by atoms with Gasteiger partial charge in [-0.05, 0) is 25.1 Å². The molecule has 1 fully saturated rings. The molecule has 1 aliphatic rings. The summed E-state index contributed by atoms with van der Waals surface area (Å²) >= 11 is 0. The van der Waals surface area contributed by atoms with E-state index in [1.807, 2.05) is 24.3 Å². The van der Waals surface area contributed by atoms with Gasteiger partial charge in [0.05, 0.1) is 16.9 Å². The van der Waals surface area contributed by atoms with Gasteiger partial charge in [-0.15, -0.1) is 0 Å². The summed E-state index contributed by atoms with van der Waals surface area (Å²) in [5, 5.41) is 4.47. The molecule has 1 unspecified atom stereocenters. The maximum atomic E-state index is 6.08. The minimum absolute atomic E-state index is 0.476. The third kappa shape index (κ3) is 1.53. The molecule has 0 radical (unpaired) electrons. The predicted molar refractivity (Wildman–Crippen MR) is 66.4 cm³/mol. The van der Waals surface area contributed by atoms with Crippen LogP contribution in [0.2, 0.25) is 0 Å². The summed E-state index contributed by atoms with van der Waals surface area (Å²) in [5.74, 6) is 0.476. The van der Waals surface area contributed by atoms with Crippen LogP contribution in [-0.4, -0.2) is 18.1 Å². The highest BCUT2D eigenvalue weighted by Crippen LogP contribution is 2.28. The summed E-state index contributed by atoms with van der Waals surface area (Å²) < 4.78 is 0. The van der Waals surface area contributed by atoms with E-state index in [1.54, 1.807) is 0 Å². The summed E-state index contributed by atoms with van der Waals surface area (Å²) in [6, 6.07) is 10.2. The van der Waals surface area contributed by atoms with E-state index in [0.29, 0.717) is 5.92 Å². The fraction of sp³-hybridized carbons (Fsp3) is 0.308. The van der Waals surface area contributed by atoms with Crippen molar-refractivity contribution in [1.29, 1.82) is 0 Å². The summed E-state index contributed by atoms with van der Waals surface area (Å²) in [6.07, 6.45) is 1.13. The van der Waals surface area contributed by atoms with Gasteiger partial charge in [0, 0.05) is 17.8 Å². The van der Waals surface area contributed by atoms with Crippen molar-refractivity contribution in [2.24, 2.45) is 0 Å². The zero-order valence-electron chi connectivity index (χ0n) is 9.11. The van der Waals surface area contributed by atoms with Crippen LogP contribution in [0, 0.1) is 0 Å². The largest absolute Gasteiger partial charge is 0.397 e. The minimum atomic E-state index is 0.476. The Bertz CT molecular complexity index is 516. The molecule has 0 aliphatic carbocycles. The number of pyridine rings is 1. The molecule has 0 bridgehead atoms. The molecule has 3 N–H and O–H groups in total. The van der Waals surface area contributed by atoms with Gasteiger partial charge >= 0.3 is 0 Å². The van der Waals surface area contributed by atoms with Crippen LogP contribution in [0.1, 0.15) is 18.0 Å². The van der Waals surface area contributed by atoms with E-state index >= 15 is 0 Å². The van der Waals surface area contributed by atoms with E-state index in [-0.39, 0.29) is 0 Å². The summed E-state index contributed by atoms with van der Waals surface area (Å²) in [6.45, 7) is 2.06. The first kappa shape index (κ1) is 9.60. The van der Waals surface area contributed by atoms with Crippen molar-refractivity contribution in [2.45, 2.75) is 12.3 Å². The maximum Gasteiger partial charge on any atom is 0.0707 e. The van der Waals surface area contributed by atoms with Crippen LogP contribution in [0.5, 0.6) is 0 Å². The van der Waals surface area contributed by atoms with Gasteiger partial charge in [-0.25, -0.2) is 0 Å². The van der Waals surface area contributed by atoms with E-state index in [9.17, 15) is 0 Å². The van der Waals surface area contributed by atoms with Crippen molar-refractivity contribution >= 4 is 16.6 Å². The molecule has 3 heteroatoms. The first-order valence-electron chi connectivity index (χ1n) is 5.70. The highest BCUT2D eigenvalue weighted by Gasteiger charge is 2.20. The van der Waals surface area contributed by atoms with Crippen molar-refractivity contribution in [1.82, 2.24) is 10.3 Å². The third-order valence-electron chi connectivity index (χ3n) is 3.23. The highest BCUT2D eigenvalue weighted by atomic mass is 14.9. The molecular weight excluding hydrogens is 198 g/mol. The molecule has 82 valence electrons. The van der Waals surface area contributed by atoms with E-state index < -0.39 is 0 Å². The molecule has 0 spiro atoms. The van der Waals surface area contributed by atoms with E-state index in [4.69, 9.17) is 10.7 Å². The number of nitrogen functional groups attached to an aromatic ring is 1. The van der Waals surface area contributed by atoms with Crippen molar-refractivity contribution < 1.29 is 0 Å². The maximum absolute atomic E-state index is 6.08. The van der Waals surface area contributed by atoms with Crippen LogP contribution in [-0.2, 0) is 0 Å². The number of hydrogen-bond donors (Lipinski definition) is 2. The van der Waals surface area contributed by atoms with Gasteiger partial charge in [0.2, 0.25) is 0 Å². The molecule has 1 aromatic heterocycles. The lowest BCUT2D eigenvalue weighted by Gasteiger charge is -2.12. The molecule has 1 aromatic carbocycles. The van der Waals surface area contributed by atoms with E-state index in [1.165, 1.54) is 0 Å². The second-order valence-electron chi connectivity index (χ2n) is 4.35. The minimum Gasteiger partial charge on any atom is -0.397 e. The van der Waals surface area contributed by atoms with Gasteiger partial charge in [0.1, 0.15) is 0 Å². The number of nitrogens with one attached hydrogen (secondary N) is 1. The molecule has 0 amide bonds. The Hall–Kier alpha value is -1.61. The first-order chi connectivity index (χ1) is 7.84. The predicted octanol–water partition coefficient (Wildman–Crippen LogP) is 1.89. The SMILES string of the molecule is Nc1cc2ccccc2nc1C1CCNC1. The normalized spacial score (nSPS) is 20.4. The quantitative estimate of drug-likeness (QED) is 0.760. The van der Waals surface area contributed by atoms with Crippen molar-refractivity contribution in [3.63, 3.8) is 0 Å². The number of anilines is 1. The number of para-hydroxylation sites is 1. The molecule has 2 aromatic rings. The average Bonchev–Trinajstić information content (AvgIpc) is 2.81. The Balaban J connectivity index is 2.13. The third-order valence-corrected chi connectivity index (χ3v) is 3.23. The van der Waals surface area contributed by atoms with Crippen LogP contribution < -0.4 is 11.1 Å². The molecule has 0 saturated carbocycles. The second kappa shape index (κ2) is 3.76. The van der Waals surface area contributed by atoms with Crippen LogP contribution >= 0.6 is 0 Å².